The Bertz CT molecular complexity index is 1150. The first-order valence-corrected chi connectivity index (χ1v) is 12.3. The second kappa shape index (κ2) is 12.2. The summed E-state index contributed by atoms with van der Waals surface area (Å²) in [5.41, 5.74) is 4.58. The van der Waals surface area contributed by atoms with Crippen LogP contribution in [0, 0.1) is 27.7 Å². The molecule has 0 saturated heterocycles. The molecular weight excluding hydrogens is 420 g/mol. The number of rotatable bonds is 5. The molecule has 0 unspecified atom stereocenters. The van der Waals surface area contributed by atoms with Gasteiger partial charge in [0.05, 0.1) is 10.6 Å². The maximum absolute atomic E-state index is 13.2. The van der Waals surface area contributed by atoms with Crippen molar-refractivity contribution in [1.29, 1.82) is 0 Å². The summed E-state index contributed by atoms with van der Waals surface area (Å²) in [5, 5.41) is 0. The van der Waals surface area contributed by atoms with Crippen molar-refractivity contribution in [2.24, 2.45) is 0 Å². The summed E-state index contributed by atoms with van der Waals surface area (Å²) in [6, 6.07) is 11.6. The largest absolute Gasteiger partial charge is 0.289 e. The van der Waals surface area contributed by atoms with E-state index in [1.54, 1.807) is 61.8 Å². The molecule has 1 N–H and O–H groups in total. The molecule has 0 aliphatic rings. The number of hydrogen-bond acceptors (Lipinski definition) is 4. The van der Waals surface area contributed by atoms with E-state index in [0.29, 0.717) is 11.1 Å². The second-order valence-corrected chi connectivity index (χ2v) is 8.60. The van der Waals surface area contributed by atoms with Gasteiger partial charge in [0, 0.05) is 23.5 Å². The number of benzene rings is 2. The Labute approximate surface area is 193 Å². The molecule has 5 nitrogen and oxygen atoms in total. The Morgan fingerprint density at radius 1 is 0.781 bits per heavy atom. The highest BCUT2D eigenvalue weighted by atomic mass is 32.2. The quantitative estimate of drug-likeness (QED) is 0.453. The highest BCUT2D eigenvalue weighted by molar-refractivity contribution is 7.92. The number of nitrogens with one attached hydrogen (secondary N) is 1. The number of aryl methyl sites for hydroxylation is 4. The molecule has 2 aromatic carbocycles. The maximum atomic E-state index is 13.2. The lowest BCUT2D eigenvalue weighted by Crippen LogP contribution is -2.17. The van der Waals surface area contributed by atoms with Crippen molar-refractivity contribution in [2.45, 2.75) is 60.3 Å². The van der Waals surface area contributed by atoms with Crippen molar-refractivity contribution in [3.05, 3.63) is 88.2 Å². The molecule has 1 heterocycles. The Morgan fingerprint density at radius 3 is 1.91 bits per heavy atom. The van der Waals surface area contributed by atoms with E-state index in [9.17, 15) is 13.2 Å². The minimum Gasteiger partial charge on any atom is -0.289 e. The number of aromatic nitrogens is 1. The third kappa shape index (κ3) is 6.50. The molecule has 6 heteroatoms. The van der Waals surface area contributed by atoms with Crippen LogP contribution in [0.1, 0.15) is 65.9 Å². The highest BCUT2D eigenvalue weighted by Crippen LogP contribution is 2.27. The zero-order chi connectivity index (χ0) is 24.5. The Morgan fingerprint density at radius 2 is 1.34 bits per heavy atom. The molecular formula is C26H34N2O3S. The molecule has 3 aromatic rings. The minimum atomic E-state index is -3.82. The van der Waals surface area contributed by atoms with E-state index in [1.807, 2.05) is 48.5 Å². The molecule has 0 aliphatic carbocycles. The number of ketones is 1. The van der Waals surface area contributed by atoms with Crippen molar-refractivity contribution in [1.82, 2.24) is 4.98 Å². The first kappa shape index (κ1) is 27.0. The van der Waals surface area contributed by atoms with Crippen LogP contribution in [0.4, 0.5) is 5.69 Å². The van der Waals surface area contributed by atoms with E-state index in [0.717, 1.165) is 22.3 Å². The summed E-state index contributed by atoms with van der Waals surface area (Å²) < 4.78 is 28.3. The first-order valence-electron chi connectivity index (χ1n) is 10.8. The lowest BCUT2D eigenvalue weighted by molar-refractivity contribution is 0.103. The average molecular weight is 455 g/mol. The van der Waals surface area contributed by atoms with Crippen LogP contribution in [0.2, 0.25) is 0 Å². The van der Waals surface area contributed by atoms with Crippen molar-refractivity contribution in [3.63, 3.8) is 0 Å². The average Bonchev–Trinajstić information content (AvgIpc) is 2.79. The fraction of sp³-hybridized carbons (Fsp3) is 0.308. The Kier molecular flexibility index (Phi) is 10.3. The molecule has 32 heavy (non-hydrogen) atoms. The van der Waals surface area contributed by atoms with E-state index >= 15 is 0 Å². The molecule has 0 fully saturated rings. The van der Waals surface area contributed by atoms with Gasteiger partial charge in [-0.3, -0.25) is 14.5 Å². The monoisotopic (exact) mass is 454 g/mol. The van der Waals surface area contributed by atoms with Gasteiger partial charge in [-0.1, -0.05) is 45.4 Å². The highest BCUT2D eigenvalue weighted by Gasteiger charge is 2.21. The van der Waals surface area contributed by atoms with Gasteiger partial charge >= 0.3 is 0 Å². The van der Waals surface area contributed by atoms with Crippen molar-refractivity contribution in [2.75, 3.05) is 4.72 Å². The Hall–Kier alpha value is -2.99. The molecule has 0 atom stereocenters. The minimum absolute atomic E-state index is 0.148. The normalized spacial score (nSPS) is 10.2. The zero-order valence-corrected chi connectivity index (χ0v) is 21.1. The van der Waals surface area contributed by atoms with Gasteiger partial charge in [0.25, 0.3) is 10.0 Å². The molecule has 1 aromatic heterocycles. The molecule has 0 bridgehead atoms. The third-order valence-corrected chi connectivity index (χ3v) is 6.10. The summed E-state index contributed by atoms with van der Waals surface area (Å²) in [7, 11) is -3.82. The van der Waals surface area contributed by atoms with Gasteiger partial charge in [0.1, 0.15) is 0 Å². The first-order chi connectivity index (χ1) is 15.2. The van der Waals surface area contributed by atoms with Crippen LogP contribution in [0.3, 0.4) is 0 Å². The van der Waals surface area contributed by atoms with E-state index in [1.165, 1.54) is 0 Å². The molecule has 0 saturated carbocycles. The summed E-state index contributed by atoms with van der Waals surface area (Å²) in [6.45, 7) is 15.5. The van der Waals surface area contributed by atoms with Crippen LogP contribution >= 0.6 is 0 Å². The molecule has 0 amide bonds. The van der Waals surface area contributed by atoms with Gasteiger partial charge in [-0.15, -0.1) is 0 Å². The predicted octanol–water partition coefficient (Wildman–Crippen LogP) is 6.40. The van der Waals surface area contributed by atoms with Crippen molar-refractivity contribution in [3.8, 4) is 0 Å². The van der Waals surface area contributed by atoms with Crippen LogP contribution in [-0.2, 0) is 10.0 Å². The van der Waals surface area contributed by atoms with E-state index < -0.39 is 10.0 Å². The molecule has 0 aliphatic heterocycles. The fourth-order valence-corrected chi connectivity index (χ4v) is 3.95. The lowest BCUT2D eigenvalue weighted by Gasteiger charge is -2.15. The topological polar surface area (TPSA) is 76.1 Å². The number of nitrogens with zero attached hydrogens (tertiary/aromatic N) is 1. The van der Waals surface area contributed by atoms with E-state index in [-0.39, 0.29) is 16.4 Å². The SMILES string of the molecule is CC.CC.Cc1ccc(S(=O)(=O)Nc2cc(C)c(C)cc2C(=O)c2ccncc2C)cc1. The van der Waals surface area contributed by atoms with Crippen LogP contribution in [0.5, 0.6) is 0 Å². The standard InChI is InChI=1S/C22H22N2O3S.2C2H6/c1-14-5-7-18(8-6-14)28(26,27)24-21-12-16(3)15(2)11-20(21)22(25)19-9-10-23-13-17(19)4;2*1-2/h5-13,24H,1-4H3;2*1-2H3. The summed E-state index contributed by atoms with van der Waals surface area (Å²) in [5.74, 6) is -0.246. The van der Waals surface area contributed by atoms with Gasteiger partial charge in [-0.05, 0) is 74.7 Å². The molecule has 3 rings (SSSR count). The van der Waals surface area contributed by atoms with Crippen molar-refractivity contribution < 1.29 is 13.2 Å². The van der Waals surface area contributed by atoms with Gasteiger partial charge < -0.3 is 0 Å². The van der Waals surface area contributed by atoms with Crippen molar-refractivity contribution >= 4 is 21.5 Å². The van der Waals surface area contributed by atoms with Gasteiger partial charge in [0.2, 0.25) is 0 Å². The van der Waals surface area contributed by atoms with Gasteiger partial charge in [-0.25, -0.2) is 8.42 Å². The van der Waals surface area contributed by atoms with Crippen LogP contribution in [0.25, 0.3) is 0 Å². The maximum Gasteiger partial charge on any atom is 0.261 e. The number of sulfonamides is 1. The summed E-state index contributed by atoms with van der Waals surface area (Å²) in [4.78, 5) is 17.3. The predicted molar refractivity (Wildman–Crippen MR) is 133 cm³/mol. The number of hydrogen-bond donors (Lipinski definition) is 1. The second-order valence-electron chi connectivity index (χ2n) is 6.92. The lowest BCUT2D eigenvalue weighted by atomic mass is 9.96. The zero-order valence-electron chi connectivity index (χ0n) is 20.3. The smallest absolute Gasteiger partial charge is 0.261 e. The molecule has 0 radical (unpaired) electrons. The van der Waals surface area contributed by atoms with E-state index in [4.69, 9.17) is 0 Å². The van der Waals surface area contributed by atoms with Crippen LogP contribution in [-0.4, -0.2) is 19.2 Å². The number of anilines is 1. The summed E-state index contributed by atoms with van der Waals surface area (Å²) in [6.07, 6.45) is 3.17. The van der Waals surface area contributed by atoms with Gasteiger partial charge in [-0.2, -0.15) is 0 Å². The fourth-order valence-electron chi connectivity index (χ4n) is 2.88. The Balaban J connectivity index is 0.00000121. The van der Waals surface area contributed by atoms with Crippen LogP contribution in [0.15, 0.2) is 59.8 Å². The number of carbonyl (C=O) groups excluding carboxylic acids is 1. The number of carbonyl (C=O) groups is 1. The number of pyridine rings is 1. The summed E-state index contributed by atoms with van der Waals surface area (Å²) >= 11 is 0. The van der Waals surface area contributed by atoms with E-state index in [2.05, 4.69) is 9.71 Å². The molecule has 172 valence electrons. The third-order valence-electron chi connectivity index (χ3n) is 4.72. The van der Waals surface area contributed by atoms with Crippen LogP contribution < -0.4 is 4.72 Å². The van der Waals surface area contributed by atoms with Gasteiger partial charge in [0.15, 0.2) is 5.78 Å². The molecule has 0 spiro atoms.